The zero-order valence-corrected chi connectivity index (χ0v) is 31.9. The molecule has 3 amide bonds. The smallest absolute Gasteiger partial charge is 0.315 e. The molecule has 0 aromatic heterocycles. The number of rotatable bonds is 15. The van der Waals surface area contributed by atoms with Crippen molar-refractivity contribution in [1.82, 2.24) is 15.5 Å². The van der Waals surface area contributed by atoms with Crippen molar-refractivity contribution in [2.45, 2.75) is 148 Å². The van der Waals surface area contributed by atoms with Crippen LogP contribution in [0.25, 0.3) is 0 Å². The molecule has 0 spiro atoms. The minimum Gasteiger partial charge on any atom is -0.385 e. The molecule has 0 bridgehead atoms. The van der Waals surface area contributed by atoms with E-state index in [1.54, 1.807) is 31.7 Å². The molecule has 3 aliphatic rings. The molecule has 6 atom stereocenters. The van der Waals surface area contributed by atoms with E-state index < -0.39 is 55.7 Å². The number of hydrogen-bond acceptors (Lipinski definition) is 7. The van der Waals surface area contributed by atoms with Crippen LogP contribution in [0.5, 0.6) is 0 Å². The molecule has 1 aliphatic heterocycles. The second-order valence-electron chi connectivity index (χ2n) is 17.4. The second-order valence-corrected chi connectivity index (χ2v) is 20.2. The lowest BCUT2D eigenvalue weighted by Crippen LogP contribution is -2.63. The number of fused-ring (bicyclic) bond motifs is 1. The summed E-state index contributed by atoms with van der Waals surface area (Å²) in [6.07, 6.45) is 10.3. The average molecular weight is 704 g/mol. The van der Waals surface area contributed by atoms with E-state index >= 15 is 0 Å². The number of piperidine rings is 1. The first-order valence-electron chi connectivity index (χ1n) is 17.9. The fraction of sp³-hybridized carbons (Fsp3) is 0.789. The molecule has 276 valence electrons. The van der Waals surface area contributed by atoms with Gasteiger partial charge in [0.15, 0.2) is 21.4 Å². The lowest BCUT2D eigenvalue weighted by atomic mass is 9.82. The number of nitrogens with zero attached hydrogens (tertiary/aromatic N) is 1. The number of sulfone groups is 1. The molecule has 10 nitrogen and oxygen atoms in total. The third-order valence-corrected chi connectivity index (χ3v) is 14.1. The molecular formula is C38H61N3O7S. The number of aliphatic hydroxyl groups is 1. The summed E-state index contributed by atoms with van der Waals surface area (Å²) in [7, 11) is -3.56. The van der Waals surface area contributed by atoms with Crippen molar-refractivity contribution in [2.75, 3.05) is 12.3 Å². The normalized spacial score (nSPS) is 24.8. The zero-order valence-electron chi connectivity index (χ0n) is 31.1. The van der Waals surface area contributed by atoms with E-state index in [4.69, 9.17) is 6.42 Å². The largest absolute Gasteiger partial charge is 0.385 e. The Morgan fingerprint density at radius 1 is 1.08 bits per heavy atom. The SMILES string of the molecule is C#CCC[C@H](CC(=O)[C@@H]1[C@@H]2C(CN1C(=O)[C@@H](NC(=O)NC1(CS(=O)(=O)C(C)(C)C)CCCCC1)C(C)(C)C)C2(C)C)C(O)C(=O)CCC=C. The number of ketones is 2. The van der Waals surface area contributed by atoms with Crippen LogP contribution in [0.15, 0.2) is 12.7 Å². The van der Waals surface area contributed by atoms with E-state index in [9.17, 15) is 32.7 Å². The maximum atomic E-state index is 14.5. The summed E-state index contributed by atoms with van der Waals surface area (Å²) >= 11 is 0. The molecule has 0 aromatic carbocycles. The van der Waals surface area contributed by atoms with E-state index in [-0.39, 0.29) is 59.7 Å². The summed E-state index contributed by atoms with van der Waals surface area (Å²) in [5.41, 5.74) is -1.86. The van der Waals surface area contributed by atoms with Crippen LogP contribution in [-0.2, 0) is 24.2 Å². The van der Waals surface area contributed by atoms with Crippen LogP contribution in [0.1, 0.15) is 120 Å². The topological polar surface area (TPSA) is 150 Å². The summed E-state index contributed by atoms with van der Waals surface area (Å²) < 4.78 is 25.6. The van der Waals surface area contributed by atoms with Crippen molar-refractivity contribution < 1.29 is 32.7 Å². The van der Waals surface area contributed by atoms with Gasteiger partial charge in [-0.2, -0.15) is 0 Å². The van der Waals surface area contributed by atoms with Crippen molar-refractivity contribution in [3.8, 4) is 12.3 Å². The van der Waals surface area contributed by atoms with Crippen molar-refractivity contribution >= 4 is 33.3 Å². The van der Waals surface area contributed by atoms with Gasteiger partial charge in [0.2, 0.25) is 5.91 Å². The van der Waals surface area contributed by atoms with Crippen LogP contribution in [0, 0.1) is 40.9 Å². The van der Waals surface area contributed by atoms with Crippen LogP contribution in [0.2, 0.25) is 0 Å². The van der Waals surface area contributed by atoms with Crippen molar-refractivity contribution in [3.63, 3.8) is 0 Å². The Kier molecular flexibility index (Phi) is 12.7. The Morgan fingerprint density at radius 3 is 2.22 bits per heavy atom. The van der Waals surface area contributed by atoms with E-state index in [0.717, 1.165) is 19.3 Å². The summed E-state index contributed by atoms with van der Waals surface area (Å²) in [5.74, 6) is 0.700. The van der Waals surface area contributed by atoms with Gasteiger partial charge in [0.1, 0.15) is 12.1 Å². The van der Waals surface area contributed by atoms with Crippen molar-refractivity contribution in [2.24, 2.45) is 28.6 Å². The van der Waals surface area contributed by atoms with Gasteiger partial charge in [-0.1, -0.05) is 60.0 Å². The van der Waals surface area contributed by atoms with Gasteiger partial charge in [-0.3, -0.25) is 14.4 Å². The number of allylic oxidation sites excluding steroid dienone is 1. The number of amides is 3. The van der Waals surface area contributed by atoms with Gasteiger partial charge in [-0.05, 0) is 75.0 Å². The standard InChI is InChI=1S/C38H61N3O7S/c1-11-13-18-25(31(44)27(42)19-14-12-2)22-28(43)30-29-26(37(29,9)10)23-41(30)33(45)32(35(3,4)5)39-34(46)40-38(20-16-15-17-21-38)24-49(47,48)36(6,7)8/h1,12,25-26,29-32,44H,2,13-24H2,3-10H3,(H2,39,40,46)/t25-,26?,29+,30-,31?,32-/m1/s1. The number of nitrogens with one attached hydrogen (secondary N) is 2. The third-order valence-electron chi connectivity index (χ3n) is 11.3. The van der Waals surface area contributed by atoms with E-state index in [1.165, 1.54) is 0 Å². The summed E-state index contributed by atoms with van der Waals surface area (Å²) in [4.78, 5) is 56.7. The van der Waals surface area contributed by atoms with Gasteiger partial charge in [0.05, 0.1) is 22.1 Å². The molecule has 2 unspecified atom stereocenters. The molecule has 3 rings (SSSR count). The molecule has 11 heteroatoms. The van der Waals surface area contributed by atoms with Gasteiger partial charge >= 0.3 is 6.03 Å². The Balaban J connectivity index is 1.86. The van der Waals surface area contributed by atoms with Crippen LogP contribution < -0.4 is 10.6 Å². The van der Waals surface area contributed by atoms with E-state index in [2.05, 4.69) is 37.0 Å². The Labute approximate surface area is 294 Å². The summed E-state index contributed by atoms with van der Waals surface area (Å²) in [6.45, 7) is 18.7. The number of Topliss-reactive ketones (excluding diaryl/α,β-unsaturated/α-hetero) is 2. The first-order chi connectivity index (χ1) is 22.5. The lowest BCUT2D eigenvalue weighted by Gasteiger charge is -2.41. The fourth-order valence-corrected chi connectivity index (χ4v) is 9.42. The van der Waals surface area contributed by atoms with Crippen LogP contribution in [0.4, 0.5) is 4.79 Å². The molecule has 49 heavy (non-hydrogen) atoms. The van der Waals surface area contributed by atoms with E-state index in [1.807, 2.05) is 20.8 Å². The van der Waals surface area contributed by atoms with Gasteiger partial charge in [-0.15, -0.1) is 18.9 Å². The van der Waals surface area contributed by atoms with Gasteiger partial charge in [0, 0.05) is 25.8 Å². The zero-order chi connectivity index (χ0) is 37.2. The summed E-state index contributed by atoms with van der Waals surface area (Å²) in [5, 5.41) is 16.9. The molecule has 0 aromatic rings. The maximum Gasteiger partial charge on any atom is 0.315 e. The Hall–Kier alpha value is -2.71. The number of carbonyl (C=O) groups excluding carboxylic acids is 4. The highest BCUT2D eigenvalue weighted by Gasteiger charge is 2.69. The number of carbonyl (C=O) groups is 4. The highest BCUT2D eigenvalue weighted by Crippen LogP contribution is 2.65. The maximum absolute atomic E-state index is 14.5. The highest BCUT2D eigenvalue weighted by molar-refractivity contribution is 7.92. The molecule has 2 aliphatic carbocycles. The first kappa shape index (κ1) is 40.7. The molecule has 1 saturated heterocycles. The number of hydrogen-bond donors (Lipinski definition) is 3. The highest BCUT2D eigenvalue weighted by atomic mass is 32.2. The predicted molar refractivity (Wildman–Crippen MR) is 192 cm³/mol. The lowest BCUT2D eigenvalue weighted by molar-refractivity contribution is -0.144. The van der Waals surface area contributed by atoms with Crippen LogP contribution >= 0.6 is 0 Å². The van der Waals surface area contributed by atoms with Crippen molar-refractivity contribution in [1.29, 1.82) is 0 Å². The summed E-state index contributed by atoms with van der Waals surface area (Å²) in [6, 6.07) is -2.39. The average Bonchev–Trinajstić information content (AvgIpc) is 3.30. The molecule has 0 radical (unpaired) electrons. The third kappa shape index (κ3) is 9.35. The first-order valence-corrected chi connectivity index (χ1v) is 19.6. The Bertz CT molecular complexity index is 1410. The van der Waals surface area contributed by atoms with E-state index in [0.29, 0.717) is 32.2 Å². The van der Waals surface area contributed by atoms with Crippen LogP contribution in [0.3, 0.4) is 0 Å². The number of aliphatic hydroxyl groups excluding tert-OH is 1. The quantitative estimate of drug-likeness (QED) is 0.161. The predicted octanol–water partition coefficient (Wildman–Crippen LogP) is 4.98. The number of terminal acetylenes is 1. The minimum absolute atomic E-state index is 0.0894. The van der Waals surface area contributed by atoms with Gasteiger partial charge in [0.25, 0.3) is 0 Å². The molecule has 1 heterocycles. The van der Waals surface area contributed by atoms with Crippen molar-refractivity contribution in [3.05, 3.63) is 12.7 Å². The molecular weight excluding hydrogens is 642 g/mol. The molecule has 2 saturated carbocycles. The fourth-order valence-electron chi connectivity index (χ4n) is 7.89. The Morgan fingerprint density at radius 2 is 1.69 bits per heavy atom. The molecule has 3 fully saturated rings. The van der Waals surface area contributed by atoms with Crippen LogP contribution in [-0.4, -0.2) is 82.7 Å². The second kappa shape index (κ2) is 15.3. The monoisotopic (exact) mass is 703 g/mol. The number of likely N-dealkylation sites (tertiary alicyclic amines) is 1. The minimum atomic E-state index is -3.56. The molecule has 3 N–H and O–H groups in total. The van der Waals surface area contributed by atoms with Gasteiger partial charge < -0.3 is 20.6 Å². The van der Waals surface area contributed by atoms with Gasteiger partial charge in [-0.25, -0.2) is 13.2 Å². The number of urea groups is 1.